The number of nitrogens with zero attached hydrogens (tertiary/aromatic N) is 2. The zero-order valence-corrected chi connectivity index (χ0v) is 17.9. The molecule has 2 aromatic heterocycles. The first-order chi connectivity index (χ1) is 15.0. The zero-order chi connectivity index (χ0) is 22.0. The molecule has 2 aromatic carbocycles. The minimum atomic E-state index is -0.476. The summed E-state index contributed by atoms with van der Waals surface area (Å²) in [6.45, 7) is 5.22. The summed E-state index contributed by atoms with van der Waals surface area (Å²) >= 11 is 0. The summed E-state index contributed by atoms with van der Waals surface area (Å²) < 4.78 is 0. The van der Waals surface area contributed by atoms with Gasteiger partial charge in [-0.3, -0.25) is 4.79 Å². The minimum absolute atomic E-state index is 0.454. The quantitative estimate of drug-likeness (QED) is 0.369. The van der Waals surface area contributed by atoms with Crippen LogP contribution in [-0.4, -0.2) is 27.9 Å². The first kappa shape index (κ1) is 20.6. The number of nitrogens with one attached hydrogen (secondary N) is 3. The van der Waals surface area contributed by atoms with Gasteiger partial charge in [-0.25, -0.2) is 9.97 Å². The predicted molar refractivity (Wildman–Crippen MR) is 124 cm³/mol. The van der Waals surface area contributed by atoms with Crippen LogP contribution in [0.2, 0.25) is 0 Å². The Morgan fingerprint density at radius 1 is 1.03 bits per heavy atom. The number of carbonyl (C=O) groups excluding carboxylic acids is 1. The van der Waals surface area contributed by atoms with Crippen LogP contribution >= 0.6 is 0 Å². The first-order valence-electron chi connectivity index (χ1n) is 10.2. The van der Waals surface area contributed by atoms with Gasteiger partial charge in [0.2, 0.25) is 5.91 Å². The van der Waals surface area contributed by atoms with Crippen molar-refractivity contribution in [1.29, 1.82) is 0 Å². The number of benzene rings is 2. The number of hydrogen-bond donors (Lipinski definition) is 4. The molecule has 4 rings (SSSR count). The molecule has 0 aliphatic carbocycles. The van der Waals surface area contributed by atoms with Crippen molar-refractivity contribution >= 4 is 22.6 Å². The molecule has 4 aromatic rings. The van der Waals surface area contributed by atoms with Crippen LogP contribution in [0.4, 0.5) is 5.82 Å². The van der Waals surface area contributed by atoms with Crippen LogP contribution in [0.3, 0.4) is 0 Å². The van der Waals surface area contributed by atoms with E-state index in [4.69, 9.17) is 15.7 Å². The summed E-state index contributed by atoms with van der Waals surface area (Å²) in [7, 11) is 1.89. The lowest BCUT2D eigenvalue weighted by Crippen LogP contribution is -2.14. The van der Waals surface area contributed by atoms with E-state index in [-0.39, 0.29) is 0 Å². The first-order valence-corrected chi connectivity index (χ1v) is 10.2. The van der Waals surface area contributed by atoms with Gasteiger partial charge >= 0.3 is 0 Å². The van der Waals surface area contributed by atoms with Crippen LogP contribution in [0.25, 0.3) is 22.3 Å². The summed E-state index contributed by atoms with van der Waals surface area (Å²) in [6, 6.07) is 15.7. The van der Waals surface area contributed by atoms with Crippen LogP contribution in [0.15, 0.2) is 48.5 Å². The Kier molecular flexibility index (Phi) is 5.68. The third-order valence-electron chi connectivity index (χ3n) is 5.39. The third-order valence-corrected chi connectivity index (χ3v) is 5.39. The summed E-state index contributed by atoms with van der Waals surface area (Å²) in [4.78, 5) is 25.2. The van der Waals surface area contributed by atoms with Crippen LogP contribution < -0.4 is 16.4 Å². The molecular formula is C24H26N6O. The number of fused-ring (bicyclic) bond motifs is 1. The molecule has 0 spiro atoms. The molecule has 31 heavy (non-hydrogen) atoms. The number of H-pyrrole nitrogens is 1. The molecule has 5 N–H and O–H groups in total. The topological polar surface area (TPSA) is 109 Å². The average Bonchev–Trinajstić information content (AvgIpc) is 3.10. The number of aromatic nitrogens is 3. The van der Waals surface area contributed by atoms with Gasteiger partial charge < -0.3 is 21.4 Å². The number of hydrogen-bond acceptors (Lipinski definition) is 5. The second-order valence-corrected chi connectivity index (χ2v) is 7.55. The Hall–Kier alpha value is -3.71. The van der Waals surface area contributed by atoms with E-state index in [0.29, 0.717) is 24.5 Å². The standard InChI is InChI=1S/C24H26N6O/c1-14-19(13-26-3)29-24(30-23(14)27-12-16-8-5-4-6-9-16)20-15(2)28-18-11-7-10-17(21(18)20)22(25)31/h4-11,26,28H,12-13H2,1-3H3,(H2,25,31)(H,27,29,30). The number of rotatable bonds is 7. The minimum Gasteiger partial charge on any atom is -0.366 e. The Bertz CT molecular complexity index is 1250. The van der Waals surface area contributed by atoms with Crippen LogP contribution in [-0.2, 0) is 13.1 Å². The average molecular weight is 415 g/mol. The normalized spacial score (nSPS) is 11.1. The van der Waals surface area contributed by atoms with Crippen LogP contribution in [0, 0.1) is 13.8 Å². The summed E-state index contributed by atoms with van der Waals surface area (Å²) in [5.41, 5.74) is 11.7. The van der Waals surface area contributed by atoms with Gasteiger partial charge in [0.1, 0.15) is 5.82 Å². The lowest BCUT2D eigenvalue weighted by Gasteiger charge is -2.15. The largest absolute Gasteiger partial charge is 0.366 e. The van der Waals surface area contributed by atoms with Gasteiger partial charge in [0.15, 0.2) is 5.82 Å². The molecule has 0 unspecified atom stereocenters. The van der Waals surface area contributed by atoms with E-state index < -0.39 is 5.91 Å². The third kappa shape index (κ3) is 4.00. The van der Waals surface area contributed by atoms with Crippen molar-refractivity contribution in [2.75, 3.05) is 12.4 Å². The van der Waals surface area contributed by atoms with Crippen molar-refractivity contribution in [1.82, 2.24) is 20.3 Å². The highest BCUT2D eigenvalue weighted by Crippen LogP contribution is 2.34. The maximum Gasteiger partial charge on any atom is 0.249 e. The number of anilines is 1. The van der Waals surface area contributed by atoms with Gasteiger partial charge in [0, 0.05) is 46.4 Å². The highest BCUT2D eigenvalue weighted by Gasteiger charge is 2.21. The van der Waals surface area contributed by atoms with Crippen molar-refractivity contribution < 1.29 is 4.79 Å². The van der Waals surface area contributed by atoms with E-state index >= 15 is 0 Å². The molecule has 2 heterocycles. The number of carbonyl (C=O) groups is 1. The Morgan fingerprint density at radius 2 is 1.81 bits per heavy atom. The van der Waals surface area contributed by atoms with Crippen molar-refractivity contribution in [2.45, 2.75) is 26.9 Å². The number of amides is 1. The second kappa shape index (κ2) is 8.57. The lowest BCUT2D eigenvalue weighted by molar-refractivity contribution is 0.100. The number of aromatic amines is 1. The van der Waals surface area contributed by atoms with E-state index in [1.807, 2.05) is 51.2 Å². The van der Waals surface area contributed by atoms with Crippen molar-refractivity contribution in [2.24, 2.45) is 5.73 Å². The smallest absolute Gasteiger partial charge is 0.249 e. The Labute approximate surface area is 181 Å². The molecule has 7 heteroatoms. The molecule has 0 radical (unpaired) electrons. The monoisotopic (exact) mass is 414 g/mol. The molecule has 1 amide bonds. The van der Waals surface area contributed by atoms with E-state index in [2.05, 4.69) is 27.8 Å². The molecule has 158 valence electrons. The molecule has 0 aliphatic heterocycles. The summed E-state index contributed by atoms with van der Waals surface area (Å²) in [5, 5.41) is 7.39. The predicted octanol–water partition coefficient (Wildman–Crippen LogP) is 3.67. The van der Waals surface area contributed by atoms with E-state index in [1.54, 1.807) is 6.07 Å². The van der Waals surface area contributed by atoms with Gasteiger partial charge in [0.25, 0.3) is 0 Å². The molecule has 0 bridgehead atoms. The molecule has 0 fully saturated rings. The van der Waals surface area contributed by atoms with Gasteiger partial charge in [-0.1, -0.05) is 36.4 Å². The van der Waals surface area contributed by atoms with Gasteiger partial charge in [-0.05, 0) is 38.6 Å². The summed E-state index contributed by atoms with van der Waals surface area (Å²) in [5.74, 6) is 0.851. The highest BCUT2D eigenvalue weighted by molar-refractivity contribution is 6.11. The van der Waals surface area contributed by atoms with Crippen LogP contribution in [0.5, 0.6) is 0 Å². The van der Waals surface area contributed by atoms with E-state index in [0.717, 1.165) is 44.8 Å². The summed E-state index contributed by atoms with van der Waals surface area (Å²) in [6.07, 6.45) is 0. The molecular weight excluding hydrogens is 388 g/mol. The fourth-order valence-corrected chi connectivity index (χ4v) is 3.83. The highest BCUT2D eigenvalue weighted by atomic mass is 16.1. The maximum absolute atomic E-state index is 12.1. The van der Waals surface area contributed by atoms with Crippen molar-refractivity contribution in [3.8, 4) is 11.4 Å². The van der Waals surface area contributed by atoms with Gasteiger partial charge in [-0.15, -0.1) is 0 Å². The van der Waals surface area contributed by atoms with Crippen LogP contribution in [0.1, 0.15) is 32.9 Å². The molecule has 0 atom stereocenters. The van der Waals surface area contributed by atoms with Gasteiger partial charge in [0.05, 0.1) is 5.69 Å². The van der Waals surface area contributed by atoms with Crippen molar-refractivity contribution in [3.05, 3.63) is 76.6 Å². The SMILES string of the molecule is CNCc1nc(-c2c(C)[nH]c3cccc(C(N)=O)c23)nc(NCc2ccccc2)c1C. The van der Waals surface area contributed by atoms with E-state index in [9.17, 15) is 4.79 Å². The number of aryl methyl sites for hydroxylation is 1. The molecule has 7 nitrogen and oxygen atoms in total. The van der Waals surface area contributed by atoms with Crippen molar-refractivity contribution in [3.63, 3.8) is 0 Å². The Balaban J connectivity index is 1.86. The number of nitrogens with two attached hydrogens (primary N) is 1. The number of primary amides is 1. The Morgan fingerprint density at radius 3 is 2.52 bits per heavy atom. The molecule has 0 saturated heterocycles. The van der Waals surface area contributed by atoms with E-state index in [1.165, 1.54) is 0 Å². The van der Waals surface area contributed by atoms with Gasteiger partial charge in [-0.2, -0.15) is 0 Å². The molecule has 0 aliphatic rings. The second-order valence-electron chi connectivity index (χ2n) is 7.55. The zero-order valence-electron chi connectivity index (χ0n) is 17.9. The fourth-order valence-electron chi connectivity index (χ4n) is 3.83. The lowest BCUT2D eigenvalue weighted by atomic mass is 10.0. The maximum atomic E-state index is 12.1. The molecule has 0 saturated carbocycles. The fraction of sp³-hybridized carbons (Fsp3) is 0.208.